The summed E-state index contributed by atoms with van der Waals surface area (Å²) in [5.74, 6) is -2.38. The van der Waals surface area contributed by atoms with Crippen molar-refractivity contribution >= 4 is 45.3 Å². The Morgan fingerprint density at radius 2 is 1.83 bits per heavy atom. The predicted octanol–water partition coefficient (Wildman–Crippen LogP) is 2.30. The first-order chi connectivity index (χ1) is 13.9. The van der Waals surface area contributed by atoms with Crippen LogP contribution in [0.3, 0.4) is 0 Å². The van der Waals surface area contributed by atoms with Crippen LogP contribution in [0, 0.1) is 23.7 Å². The third-order valence-corrected chi connectivity index (χ3v) is 6.43. The van der Waals surface area contributed by atoms with Crippen LogP contribution in [0.2, 0.25) is 0 Å². The highest BCUT2D eigenvalue weighted by molar-refractivity contribution is 9.10. The number of anilines is 1. The van der Waals surface area contributed by atoms with Crippen molar-refractivity contribution in [3.63, 3.8) is 0 Å². The number of hydrogen-bond acceptors (Lipinski definition) is 5. The molecule has 1 saturated carbocycles. The number of nitrogens with one attached hydrogen (secondary N) is 1. The average Bonchev–Trinajstić information content (AvgIpc) is 3.38. The molecule has 8 heteroatoms. The van der Waals surface area contributed by atoms with Crippen molar-refractivity contribution in [2.24, 2.45) is 23.7 Å². The number of carbonyl (C=O) groups is 4. The van der Waals surface area contributed by atoms with E-state index in [-0.39, 0.29) is 35.5 Å². The molecule has 0 aromatic heterocycles. The van der Waals surface area contributed by atoms with Crippen molar-refractivity contribution in [2.45, 2.75) is 19.8 Å². The van der Waals surface area contributed by atoms with Crippen molar-refractivity contribution in [3.8, 4) is 0 Å². The van der Waals surface area contributed by atoms with E-state index < -0.39 is 25.0 Å². The van der Waals surface area contributed by atoms with Gasteiger partial charge in [0.2, 0.25) is 11.8 Å². The van der Waals surface area contributed by atoms with Gasteiger partial charge in [0.25, 0.3) is 5.91 Å². The van der Waals surface area contributed by atoms with Crippen molar-refractivity contribution < 1.29 is 23.9 Å². The summed E-state index contributed by atoms with van der Waals surface area (Å²) >= 11 is 3.39. The molecule has 1 aromatic carbocycles. The maximum Gasteiger partial charge on any atom is 0.326 e. The third-order valence-electron chi connectivity index (χ3n) is 5.94. The normalized spacial score (nSPS) is 26.8. The number of ether oxygens (including phenoxy) is 1. The van der Waals surface area contributed by atoms with Gasteiger partial charge in [-0.25, -0.2) is 0 Å². The van der Waals surface area contributed by atoms with Gasteiger partial charge in [0.1, 0.15) is 6.54 Å². The van der Waals surface area contributed by atoms with Crippen LogP contribution in [-0.2, 0) is 30.3 Å². The van der Waals surface area contributed by atoms with E-state index in [9.17, 15) is 19.2 Å². The van der Waals surface area contributed by atoms with Crippen LogP contribution in [0.4, 0.5) is 5.69 Å². The summed E-state index contributed by atoms with van der Waals surface area (Å²) in [6, 6.07) is 5.49. The van der Waals surface area contributed by atoms with Gasteiger partial charge >= 0.3 is 5.97 Å². The molecule has 3 aliphatic rings. The first-order valence-electron chi connectivity index (χ1n) is 9.66. The fourth-order valence-electron chi connectivity index (χ4n) is 4.60. The number of likely N-dealkylation sites (tertiary alicyclic amines) is 1. The SMILES string of the molecule is CCc1cc(Br)ccc1NC(=O)COC(=O)CN1C(=O)[C@H]2[C@H](C1=O)[C@H]1C=C[C@H]2C1. The molecule has 3 amide bonds. The number of halogens is 1. The van der Waals surface area contributed by atoms with Gasteiger partial charge in [-0.2, -0.15) is 0 Å². The van der Waals surface area contributed by atoms with Crippen molar-refractivity contribution in [1.82, 2.24) is 4.90 Å². The Morgan fingerprint density at radius 3 is 2.45 bits per heavy atom. The molecule has 4 atom stereocenters. The van der Waals surface area contributed by atoms with Gasteiger partial charge < -0.3 is 10.1 Å². The Balaban J connectivity index is 1.30. The Morgan fingerprint density at radius 1 is 1.17 bits per heavy atom. The number of allylic oxidation sites excluding steroid dienone is 2. The van der Waals surface area contributed by atoms with Crippen LogP contribution in [-0.4, -0.2) is 41.7 Å². The zero-order valence-corrected chi connectivity index (χ0v) is 17.5. The van der Waals surface area contributed by atoms with Crippen molar-refractivity contribution in [2.75, 3.05) is 18.5 Å². The van der Waals surface area contributed by atoms with E-state index in [0.717, 1.165) is 27.8 Å². The molecule has 1 aromatic rings. The highest BCUT2D eigenvalue weighted by Crippen LogP contribution is 2.52. The number of hydrogen-bond donors (Lipinski definition) is 1. The van der Waals surface area contributed by atoms with Gasteiger partial charge in [-0.3, -0.25) is 24.1 Å². The molecule has 0 radical (unpaired) electrons. The van der Waals surface area contributed by atoms with E-state index >= 15 is 0 Å². The van der Waals surface area contributed by atoms with Gasteiger partial charge in [0.05, 0.1) is 11.8 Å². The number of carbonyl (C=O) groups excluding carboxylic acids is 4. The van der Waals surface area contributed by atoms with Crippen LogP contribution in [0.15, 0.2) is 34.8 Å². The number of fused-ring (bicyclic) bond motifs is 5. The average molecular weight is 461 g/mol. The molecule has 2 aliphatic carbocycles. The van der Waals surface area contributed by atoms with Gasteiger partial charge in [-0.15, -0.1) is 0 Å². The number of esters is 1. The van der Waals surface area contributed by atoms with Gasteiger partial charge in [0, 0.05) is 10.2 Å². The second kappa shape index (κ2) is 7.74. The Bertz CT molecular complexity index is 898. The zero-order valence-electron chi connectivity index (χ0n) is 15.9. The summed E-state index contributed by atoms with van der Waals surface area (Å²) < 4.78 is 5.91. The summed E-state index contributed by atoms with van der Waals surface area (Å²) in [6.07, 6.45) is 5.56. The van der Waals surface area contributed by atoms with Crippen LogP contribution in [0.5, 0.6) is 0 Å². The highest BCUT2D eigenvalue weighted by Gasteiger charge is 2.59. The minimum Gasteiger partial charge on any atom is -0.454 e. The first kappa shape index (κ1) is 19.8. The summed E-state index contributed by atoms with van der Waals surface area (Å²) in [5.41, 5.74) is 1.60. The minimum atomic E-state index is -0.770. The monoisotopic (exact) mass is 460 g/mol. The standard InChI is InChI=1S/C21H21BrN2O5/c1-2-11-8-14(22)5-6-15(11)23-16(25)10-29-17(26)9-24-20(27)18-12-3-4-13(7-12)19(18)21(24)28/h3-6,8,12-13,18-19H,2,7,9-10H2,1H3,(H,23,25)/t12-,13-,18+,19+/m0/s1. The van der Waals surface area contributed by atoms with Crippen molar-refractivity contribution in [3.05, 3.63) is 40.4 Å². The molecule has 2 fully saturated rings. The first-order valence-corrected chi connectivity index (χ1v) is 10.5. The highest BCUT2D eigenvalue weighted by atomic mass is 79.9. The van der Waals surface area contributed by atoms with Crippen LogP contribution in [0.1, 0.15) is 18.9 Å². The lowest BCUT2D eigenvalue weighted by molar-refractivity contribution is -0.154. The molecule has 0 unspecified atom stereocenters. The molecular weight excluding hydrogens is 440 g/mol. The van der Waals surface area contributed by atoms with Gasteiger partial charge in [0.15, 0.2) is 6.61 Å². The molecule has 1 N–H and O–H groups in total. The van der Waals surface area contributed by atoms with Crippen LogP contribution < -0.4 is 5.32 Å². The quantitative estimate of drug-likeness (QED) is 0.399. The van der Waals surface area contributed by atoms with E-state index in [2.05, 4.69) is 21.2 Å². The molecule has 152 valence electrons. The number of rotatable bonds is 6. The fourth-order valence-corrected chi connectivity index (χ4v) is 5.01. The van der Waals surface area contributed by atoms with E-state index in [1.807, 2.05) is 31.2 Å². The van der Waals surface area contributed by atoms with Crippen LogP contribution in [0.25, 0.3) is 0 Å². The smallest absolute Gasteiger partial charge is 0.326 e. The third kappa shape index (κ3) is 3.61. The minimum absolute atomic E-state index is 0.0897. The molecule has 1 aliphatic heterocycles. The van der Waals surface area contributed by atoms with Crippen LogP contribution >= 0.6 is 15.9 Å². The number of aryl methyl sites for hydroxylation is 1. The zero-order chi connectivity index (χ0) is 20.7. The molecule has 4 rings (SSSR count). The van der Waals surface area contributed by atoms with E-state index in [0.29, 0.717) is 5.69 Å². The molecule has 1 heterocycles. The summed E-state index contributed by atoms with van der Waals surface area (Å²) in [6.45, 7) is 1.04. The molecule has 29 heavy (non-hydrogen) atoms. The summed E-state index contributed by atoms with van der Waals surface area (Å²) in [5, 5.41) is 2.71. The van der Waals surface area contributed by atoms with E-state index in [1.54, 1.807) is 6.07 Å². The second-order valence-corrected chi connectivity index (χ2v) is 8.54. The fraction of sp³-hybridized carbons (Fsp3) is 0.429. The van der Waals surface area contributed by atoms with Gasteiger partial charge in [-0.05, 0) is 48.4 Å². The summed E-state index contributed by atoms with van der Waals surface area (Å²) in [4.78, 5) is 50.4. The lowest BCUT2D eigenvalue weighted by Crippen LogP contribution is -2.38. The predicted molar refractivity (Wildman–Crippen MR) is 108 cm³/mol. The molecule has 7 nitrogen and oxygen atoms in total. The Hall–Kier alpha value is -2.48. The van der Waals surface area contributed by atoms with Crippen molar-refractivity contribution in [1.29, 1.82) is 0 Å². The number of imide groups is 1. The number of nitrogens with zero attached hydrogens (tertiary/aromatic N) is 1. The molecule has 0 spiro atoms. The number of benzene rings is 1. The van der Waals surface area contributed by atoms with E-state index in [1.165, 1.54) is 0 Å². The lowest BCUT2D eigenvalue weighted by atomic mass is 9.85. The maximum atomic E-state index is 12.6. The molecular formula is C21H21BrN2O5. The topological polar surface area (TPSA) is 92.8 Å². The Labute approximate surface area is 176 Å². The molecule has 2 bridgehead atoms. The summed E-state index contributed by atoms with van der Waals surface area (Å²) in [7, 11) is 0. The second-order valence-electron chi connectivity index (χ2n) is 7.63. The van der Waals surface area contributed by atoms with E-state index in [4.69, 9.17) is 4.74 Å². The lowest BCUT2D eigenvalue weighted by Gasteiger charge is -2.16. The maximum absolute atomic E-state index is 12.6. The Kier molecular flexibility index (Phi) is 5.29. The van der Waals surface area contributed by atoms with Gasteiger partial charge in [-0.1, -0.05) is 35.0 Å². The molecule has 1 saturated heterocycles. The number of amides is 3. The largest absolute Gasteiger partial charge is 0.454 e.